The van der Waals surface area contributed by atoms with Crippen molar-refractivity contribution in [3.63, 3.8) is 0 Å². The second kappa shape index (κ2) is 6.31. The second-order valence-corrected chi connectivity index (χ2v) is 7.41. The summed E-state index contributed by atoms with van der Waals surface area (Å²) in [6.07, 6.45) is 0.106. The number of likely N-dealkylation sites (N-methyl/N-ethyl adjacent to an activating group) is 1. The molecule has 0 aromatic heterocycles. The van der Waals surface area contributed by atoms with Crippen molar-refractivity contribution in [3.8, 4) is 0 Å². The topological polar surface area (TPSA) is 87.2 Å². The van der Waals surface area contributed by atoms with Crippen LogP contribution in [0.25, 0.3) is 0 Å². The molecule has 0 saturated carbocycles. The van der Waals surface area contributed by atoms with Crippen molar-refractivity contribution in [2.45, 2.75) is 23.8 Å². The van der Waals surface area contributed by atoms with Crippen molar-refractivity contribution in [2.24, 2.45) is 0 Å². The Morgan fingerprint density at radius 1 is 1.48 bits per heavy atom. The van der Waals surface area contributed by atoms with Gasteiger partial charge in [-0.1, -0.05) is 11.6 Å². The van der Waals surface area contributed by atoms with Gasteiger partial charge in [-0.05, 0) is 30.2 Å². The first kappa shape index (κ1) is 16.2. The summed E-state index contributed by atoms with van der Waals surface area (Å²) in [5.41, 5.74) is 0.583. The third-order valence-electron chi connectivity index (χ3n) is 3.13. The maximum Gasteiger partial charge on any atom is 0.303 e. The number of aliphatic carboxylic acids is 1. The SMILES string of the molecule is CN(C[C@H]1CO1)S(=O)(=O)c1cc(Cl)cc(CCC(=O)O)c1. The number of ether oxygens (including phenoxy) is 1. The number of benzene rings is 1. The van der Waals surface area contributed by atoms with Crippen molar-refractivity contribution in [1.82, 2.24) is 4.31 Å². The Morgan fingerprint density at radius 2 is 2.14 bits per heavy atom. The molecule has 0 radical (unpaired) electrons. The summed E-state index contributed by atoms with van der Waals surface area (Å²) in [6.45, 7) is 0.860. The first-order valence-corrected chi connectivity index (χ1v) is 8.20. The number of hydrogen-bond donors (Lipinski definition) is 1. The van der Waals surface area contributed by atoms with E-state index in [4.69, 9.17) is 21.4 Å². The number of carboxylic acid groups (broad SMARTS) is 1. The summed E-state index contributed by atoms with van der Waals surface area (Å²) in [7, 11) is -2.18. The van der Waals surface area contributed by atoms with E-state index in [9.17, 15) is 13.2 Å². The number of hydrogen-bond acceptors (Lipinski definition) is 4. The molecule has 1 aromatic carbocycles. The quantitative estimate of drug-likeness (QED) is 0.762. The zero-order valence-electron chi connectivity index (χ0n) is 11.5. The molecule has 0 aliphatic carbocycles. The average Bonchev–Trinajstić information content (AvgIpc) is 3.19. The van der Waals surface area contributed by atoms with E-state index in [0.29, 0.717) is 18.7 Å². The molecule has 0 amide bonds. The highest BCUT2D eigenvalue weighted by Crippen LogP contribution is 2.23. The van der Waals surface area contributed by atoms with Crippen molar-refractivity contribution in [2.75, 3.05) is 20.2 Å². The Bertz CT molecular complexity index is 642. The van der Waals surface area contributed by atoms with Crippen LogP contribution in [-0.2, 0) is 26.0 Å². The third kappa shape index (κ3) is 4.41. The molecule has 0 bridgehead atoms. The Morgan fingerprint density at radius 3 is 2.71 bits per heavy atom. The first-order valence-electron chi connectivity index (χ1n) is 6.38. The molecule has 1 atom stereocenters. The molecular weight excluding hydrogens is 318 g/mol. The van der Waals surface area contributed by atoms with E-state index >= 15 is 0 Å². The minimum absolute atomic E-state index is 0.0459. The van der Waals surface area contributed by atoms with Crippen molar-refractivity contribution >= 4 is 27.6 Å². The number of sulfonamides is 1. The van der Waals surface area contributed by atoms with E-state index < -0.39 is 16.0 Å². The Balaban J connectivity index is 2.22. The fourth-order valence-corrected chi connectivity index (χ4v) is 3.52. The zero-order chi connectivity index (χ0) is 15.6. The van der Waals surface area contributed by atoms with E-state index in [1.54, 1.807) is 6.07 Å². The molecule has 1 aromatic rings. The first-order chi connectivity index (χ1) is 9.79. The van der Waals surface area contributed by atoms with Gasteiger partial charge < -0.3 is 9.84 Å². The predicted octanol–water partition coefficient (Wildman–Crippen LogP) is 1.38. The van der Waals surface area contributed by atoms with Gasteiger partial charge in [0.1, 0.15) is 0 Å². The van der Waals surface area contributed by atoms with Crippen molar-refractivity contribution in [1.29, 1.82) is 0 Å². The number of aryl methyl sites for hydroxylation is 1. The molecular formula is C13H16ClNO5S. The van der Waals surface area contributed by atoms with Crippen LogP contribution in [0.3, 0.4) is 0 Å². The molecule has 1 saturated heterocycles. The molecule has 1 aliphatic rings. The maximum atomic E-state index is 12.4. The van der Waals surface area contributed by atoms with Gasteiger partial charge in [0.25, 0.3) is 0 Å². The number of nitrogens with zero attached hydrogens (tertiary/aromatic N) is 1. The Kier molecular flexibility index (Phi) is 4.88. The third-order valence-corrected chi connectivity index (χ3v) is 5.15. The molecule has 8 heteroatoms. The molecule has 0 spiro atoms. The predicted molar refractivity (Wildman–Crippen MR) is 77.0 cm³/mol. The molecule has 1 aliphatic heterocycles. The van der Waals surface area contributed by atoms with Gasteiger partial charge in [0.2, 0.25) is 10.0 Å². The number of carbonyl (C=O) groups is 1. The number of rotatable bonds is 7. The monoisotopic (exact) mass is 333 g/mol. The van der Waals surface area contributed by atoms with E-state index in [1.807, 2.05) is 0 Å². The normalized spacial score (nSPS) is 18.0. The number of halogens is 1. The summed E-state index contributed by atoms with van der Waals surface area (Å²) in [6, 6.07) is 4.41. The average molecular weight is 334 g/mol. The largest absolute Gasteiger partial charge is 0.481 e. The van der Waals surface area contributed by atoms with Crippen molar-refractivity contribution < 1.29 is 23.1 Å². The van der Waals surface area contributed by atoms with Crippen LogP contribution in [0.2, 0.25) is 5.02 Å². The summed E-state index contributed by atoms with van der Waals surface area (Å²) >= 11 is 5.94. The molecule has 1 N–H and O–H groups in total. The van der Waals surface area contributed by atoms with Crippen LogP contribution in [0.4, 0.5) is 0 Å². The number of epoxide rings is 1. The molecule has 0 unspecified atom stereocenters. The molecule has 6 nitrogen and oxygen atoms in total. The van der Waals surface area contributed by atoms with Gasteiger partial charge in [-0.3, -0.25) is 4.79 Å². The van der Waals surface area contributed by atoms with Crippen LogP contribution >= 0.6 is 11.6 Å². The molecule has 1 heterocycles. The molecule has 2 rings (SSSR count). The highest BCUT2D eigenvalue weighted by Gasteiger charge is 2.30. The van der Waals surface area contributed by atoms with Gasteiger partial charge >= 0.3 is 5.97 Å². The molecule has 1 fully saturated rings. The fourth-order valence-electron chi connectivity index (χ4n) is 1.90. The minimum atomic E-state index is -3.66. The fraction of sp³-hybridized carbons (Fsp3) is 0.462. The van der Waals surface area contributed by atoms with E-state index in [0.717, 1.165) is 0 Å². The number of carboxylic acids is 1. The van der Waals surface area contributed by atoms with Gasteiger partial charge in [-0.25, -0.2) is 8.42 Å². The smallest absolute Gasteiger partial charge is 0.303 e. The highest BCUT2D eigenvalue weighted by atomic mass is 35.5. The zero-order valence-corrected chi connectivity index (χ0v) is 13.0. The summed E-state index contributed by atoms with van der Waals surface area (Å²) in [5.74, 6) is -0.942. The van der Waals surface area contributed by atoms with Crippen LogP contribution in [0, 0.1) is 0 Å². The lowest BCUT2D eigenvalue weighted by Gasteiger charge is -2.17. The highest BCUT2D eigenvalue weighted by molar-refractivity contribution is 7.89. The molecule has 116 valence electrons. The minimum Gasteiger partial charge on any atom is -0.481 e. The van der Waals surface area contributed by atoms with E-state index in [-0.39, 0.29) is 28.9 Å². The lowest BCUT2D eigenvalue weighted by Crippen LogP contribution is -2.30. The summed E-state index contributed by atoms with van der Waals surface area (Å²) in [4.78, 5) is 10.7. The van der Waals surface area contributed by atoms with Crippen LogP contribution < -0.4 is 0 Å². The van der Waals surface area contributed by atoms with Crippen molar-refractivity contribution in [3.05, 3.63) is 28.8 Å². The lowest BCUT2D eigenvalue weighted by atomic mass is 10.1. The van der Waals surface area contributed by atoms with Gasteiger partial charge in [0, 0.05) is 25.0 Å². The van der Waals surface area contributed by atoms with Crippen LogP contribution in [0.15, 0.2) is 23.1 Å². The Labute approximate surface area is 128 Å². The molecule has 21 heavy (non-hydrogen) atoms. The summed E-state index contributed by atoms with van der Waals surface area (Å²) < 4.78 is 31.1. The van der Waals surface area contributed by atoms with E-state index in [2.05, 4.69) is 0 Å². The van der Waals surface area contributed by atoms with Crippen LogP contribution in [-0.4, -0.2) is 50.1 Å². The van der Waals surface area contributed by atoms with E-state index in [1.165, 1.54) is 23.5 Å². The van der Waals surface area contributed by atoms with Crippen LogP contribution in [0.5, 0.6) is 0 Å². The van der Waals surface area contributed by atoms with Gasteiger partial charge in [-0.15, -0.1) is 0 Å². The maximum absolute atomic E-state index is 12.4. The van der Waals surface area contributed by atoms with Crippen LogP contribution in [0.1, 0.15) is 12.0 Å². The summed E-state index contributed by atoms with van der Waals surface area (Å²) in [5, 5.41) is 8.97. The van der Waals surface area contributed by atoms with Gasteiger partial charge in [0.15, 0.2) is 0 Å². The van der Waals surface area contributed by atoms with Gasteiger partial charge in [0.05, 0.1) is 17.6 Å². The Hall–Kier alpha value is -1.15. The standard InChI is InChI=1S/C13H16ClNO5S/c1-15(7-11-8-20-11)21(18,19)12-5-9(2-3-13(16)17)4-10(14)6-12/h4-6,11H,2-3,7-8H2,1H3,(H,16,17)/t11-/m0/s1. The second-order valence-electron chi connectivity index (χ2n) is 4.93. The lowest BCUT2D eigenvalue weighted by molar-refractivity contribution is -0.136. The van der Waals surface area contributed by atoms with Gasteiger partial charge in [-0.2, -0.15) is 4.31 Å².